The van der Waals surface area contributed by atoms with E-state index in [1.54, 1.807) is 6.92 Å². The Morgan fingerprint density at radius 3 is 2.75 bits per heavy atom. The lowest BCUT2D eigenvalue weighted by Crippen LogP contribution is -2.02. The average molecular weight is 185 g/mol. The lowest BCUT2D eigenvalue weighted by Gasteiger charge is -2.10. The first kappa shape index (κ1) is 9.51. The Morgan fingerprint density at radius 1 is 1.58 bits per heavy atom. The molecule has 0 heterocycles. The molecule has 0 radical (unpaired) electrons. The van der Waals surface area contributed by atoms with Crippen LogP contribution in [0.3, 0.4) is 0 Å². The van der Waals surface area contributed by atoms with E-state index in [-0.39, 0.29) is 5.78 Å². The van der Waals surface area contributed by atoms with Crippen LogP contribution >= 0.6 is 11.9 Å². The molecule has 0 atom stereocenters. The Labute approximate surface area is 75.6 Å². The Hall–Kier alpha value is -0.580. The minimum atomic E-state index is 0.132. The molecule has 4 heteroatoms. The largest absolute Gasteiger partial charge is 0.306 e. The van der Waals surface area contributed by atoms with Gasteiger partial charge in [-0.1, -0.05) is 12.2 Å². The first-order chi connectivity index (χ1) is 5.74. The molecule has 0 unspecified atom stereocenters. The van der Waals surface area contributed by atoms with E-state index in [2.05, 4.69) is 0 Å². The van der Waals surface area contributed by atoms with Crippen molar-refractivity contribution in [2.75, 3.05) is 0 Å². The normalized spacial score (nSPS) is 16.8. The predicted octanol–water partition coefficient (Wildman–Crippen LogP) is 1.81. The summed E-state index contributed by atoms with van der Waals surface area (Å²) in [6.45, 7) is 1.57. The van der Waals surface area contributed by atoms with Crippen LogP contribution < -0.4 is 4.89 Å². The van der Waals surface area contributed by atoms with Crippen molar-refractivity contribution in [1.29, 1.82) is 0 Å². The number of carbonyl (C=O) groups is 1. The second-order valence-electron chi connectivity index (χ2n) is 2.57. The van der Waals surface area contributed by atoms with Crippen LogP contribution in [0.4, 0.5) is 0 Å². The number of carbonyl (C=O) groups excluding carboxylic acids is 1. The molecule has 2 N–H and O–H groups in total. The first-order valence-electron chi connectivity index (χ1n) is 3.70. The SMILES string of the molecule is CC(=O)C1=CC=C(SNO)CC1. The van der Waals surface area contributed by atoms with Crippen molar-refractivity contribution in [3.05, 3.63) is 22.6 Å². The lowest BCUT2D eigenvalue weighted by molar-refractivity contribution is -0.113. The monoisotopic (exact) mass is 185 g/mol. The van der Waals surface area contributed by atoms with Crippen molar-refractivity contribution in [1.82, 2.24) is 4.89 Å². The molecule has 0 saturated carbocycles. The van der Waals surface area contributed by atoms with Crippen LogP contribution in [-0.4, -0.2) is 11.0 Å². The third-order valence-electron chi connectivity index (χ3n) is 1.74. The molecule has 0 saturated heterocycles. The maximum atomic E-state index is 10.9. The third kappa shape index (κ3) is 2.48. The zero-order valence-electron chi connectivity index (χ0n) is 6.83. The van der Waals surface area contributed by atoms with Gasteiger partial charge >= 0.3 is 0 Å². The molecule has 0 bridgehead atoms. The van der Waals surface area contributed by atoms with E-state index in [0.29, 0.717) is 0 Å². The number of ketones is 1. The van der Waals surface area contributed by atoms with Crippen LogP contribution in [-0.2, 0) is 4.79 Å². The molecule has 66 valence electrons. The molecule has 1 aliphatic rings. The van der Waals surface area contributed by atoms with Gasteiger partial charge in [-0.2, -0.15) is 0 Å². The molecule has 0 spiro atoms. The van der Waals surface area contributed by atoms with Gasteiger partial charge in [0.1, 0.15) is 0 Å². The first-order valence-corrected chi connectivity index (χ1v) is 4.52. The smallest absolute Gasteiger partial charge is 0.155 e. The molecule has 0 aromatic heterocycles. The van der Waals surface area contributed by atoms with Gasteiger partial charge in [0.05, 0.1) is 0 Å². The maximum absolute atomic E-state index is 10.9. The average Bonchev–Trinajstić information content (AvgIpc) is 2.06. The molecule has 0 amide bonds. The summed E-state index contributed by atoms with van der Waals surface area (Å²) in [7, 11) is 0. The van der Waals surface area contributed by atoms with Crippen LogP contribution in [0.5, 0.6) is 0 Å². The van der Waals surface area contributed by atoms with Crippen molar-refractivity contribution < 1.29 is 10.0 Å². The van der Waals surface area contributed by atoms with Crippen LogP contribution in [0, 0.1) is 0 Å². The van der Waals surface area contributed by atoms with E-state index < -0.39 is 0 Å². The van der Waals surface area contributed by atoms with Gasteiger partial charge in [0, 0.05) is 4.91 Å². The number of hydrogen-bond acceptors (Lipinski definition) is 4. The summed E-state index contributed by atoms with van der Waals surface area (Å²) < 4.78 is 0. The van der Waals surface area contributed by atoms with E-state index in [0.717, 1.165) is 23.3 Å². The number of nitrogens with one attached hydrogen (secondary N) is 1. The molecule has 0 aliphatic heterocycles. The fourth-order valence-electron chi connectivity index (χ4n) is 1.06. The van der Waals surface area contributed by atoms with Crippen molar-refractivity contribution in [3.63, 3.8) is 0 Å². The highest BCUT2D eigenvalue weighted by Gasteiger charge is 2.09. The topological polar surface area (TPSA) is 49.3 Å². The molecule has 0 fully saturated rings. The second kappa shape index (κ2) is 4.45. The number of Topliss-reactive ketones (excluding diaryl/α,β-unsaturated/α-hetero) is 1. The highest BCUT2D eigenvalue weighted by Crippen LogP contribution is 2.25. The number of rotatable bonds is 3. The molecule has 0 aromatic rings. The summed E-state index contributed by atoms with van der Waals surface area (Å²) in [6.07, 6.45) is 5.26. The van der Waals surface area contributed by atoms with E-state index in [1.165, 1.54) is 11.9 Å². The van der Waals surface area contributed by atoms with Gasteiger partial charge in [0.2, 0.25) is 0 Å². The fourth-order valence-corrected chi connectivity index (χ4v) is 1.51. The highest BCUT2D eigenvalue weighted by molar-refractivity contribution is 8.01. The van der Waals surface area contributed by atoms with Gasteiger partial charge in [0.25, 0.3) is 0 Å². The van der Waals surface area contributed by atoms with Crippen molar-refractivity contribution in [2.45, 2.75) is 19.8 Å². The second-order valence-corrected chi connectivity index (χ2v) is 3.49. The van der Waals surface area contributed by atoms with Crippen LogP contribution in [0.15, 0.2) is 22.6 Å². The summed E-state index contributed by atoms with van der Waals surface area (Å²) >= 11 is 1.18. The summed E-state index contributed by atoms with van der Waals surface area (Å²) in [4.78, 5) is 14.0. The molecule has 1 rings (SSSR count). The highest BCUT2D eigenvalue weighted by atomic mass is 32.2. The van der Waals surface area contributed by atoms with E-state index >= 15 is 0 Å². The minimum Gasteiger partial charge on any atom is -0.306 e. The lowest BCUT2D eigenvalue weighted by atomic mass is 10.0. The van der Waals surface area contributed by atoms with E-state index in [9.17, 15) is 4.79 Å². The molecule has 12 heavy (non-hydrogen) atoms. The summed E-state index contributed by atoms with van der Waals surface area (Å²) in [6, 6.07) is 0. The summed E-state index contributed by atoms with van der Waals surface area (Å²) in [5.74, 6) is 0.132. The van der Waals surface area contributed by atoms with Gasteiger partial charge in [0.15, 0.2) is 5.78 Å². The van der Waals surface area contributed by atoms with E-state index in [1.807, 2.05) is 17.0 Å². The van der Waals surface area contributed by atoms with Crippen molar-refractivity contribution >= 4 is 17.7 Å². The van der Waals surface area contributed by atoms with Crippen LogP contribution in [0.25, 0.3) is 0 Å². The van der Waals surface area contributed by atoms with Crippen molar-refractivity contribution in [2.24, 2.45) is 0 Å². The van der Waals surface area contributed by atoms with Crippen LogP contribution in [0.2, 0.25) is 0 Å². The summed E-state index contributed by atoms with van der Waals surface area (Å²) in [5.41, 5.74) is 0.859. The standard InChI is InChI=1S/C8H11NO2S/c1-6(10)7-2-4-8(5-3-7)12-9-11/h2,4,9,11H,3,5H2,1H3. The molecular weight excluding hydrogens is 174 g/mol. The molecule has 1 aliphatic carbocycles. The maximum Gasteiger partial charge on any atom is 0.155 e. The van der Waals surface area contributed by atoms with Crippen molar-refractivity contribution in [3.8, 4) is 0 Å². The minimum absolute atomic E-state index is 0.132. The third-order valence-corrected chi connectivity index (χ3v) is 2.43. The number of allylic oxidation sites excluding steroid dienone is 4. The zero-order chi connectivity index (χ0) is 8.97. The Bertz CT molecular complexity index is 245. The molecular formula is C8H11NO2S. The fraction of sp³-hybridized carbons (Fsp3) is 0.375. The summed E-state index contributed by atoms with van der Waals surface area (Å²) in [5, 5.41) is 8.38. The predicted molar refractivity (Wildman–Crippen MR) is 48.6 cm³/mol. The quantitative estimate of drug-likeness (QED) is 0.520. The van der Waals surface area contributed by atoms with Gasteiger partial charge in [-0.3, -0.25) is 4.79 Å². The van der Waals surface area contributed by atoms with Gasteiger partial charge in [-0.25, -0.2) is 0 Å². The van der Waals surface area contributed by atoms with Gasteiger partial charge in [-0.05, 0) is 37.3 Å². The Morgan fingerprint density at radius 2 is 2.33 bits per heavy atom. The Kier molecular flexibility index (Phi) is 3.52. The molecule has 3 nitrogen and oxygen atoms in total. The Balaban J connectivity index is 2.60. The van der Waals surface area contributed by atoms with E-state index in [4.69, 9.17) is 5.21 Å². The van der Waals surface area contributed by atoms with Gasteiger partial charge < -0.3 is 5.21 Å². The molecule has 0 aromatic carbocycles. The number of hydrogen-bond donors (Lipinski definition) is 2. The zero-order valence-corrected chi connectivity index (χ0v) is 7.65. The van der Waals surface area contributed by atoms with Crippen LogP contribution in [0.1, 0.15) is 19.8 Å². The van der Waals surface area contributed by atoms with Gasteiger partial charge in [-0.15, -0.1) is 4.89 Å².